The van der Waals surface area contributed by atoms with Crippen LogP contribution in [-0.4, -0.2) is 102 Å². The van der Waals surface area contributed by atoms with Crippen LogP contribution in [0.2, 0.25) is 0 Å². The van der Waals surface area contributed by atoms with Crippen molar-refractivity contribution in [1.29, 1.82) is 0 Å². The Bertz CT molecular complexity index is 1710. The van der Waals surface area contributed by atoms with Crippen molar-refractivity contribution in [2.45, 2.75) is 176 Å². The Morgan fingerprint density at radius 2 is 0.891 bits per heavy atom. The number of nitrogens with one attached hydrogen (secondary N) is 8. The molecule has 360 valence electrons. The first-order valence-electron chi connectivity index (χ1n) is 23.4. The van der Waals surface area contributed by atoms with Crippen LogP contribution in [0, 0.1) is 29.6 Å². The standard InChI is InChI=1S/C47H79N9O8/c1-12-28(8)37-45(62)49-31(11)40(57)54-38(29(9)13-2)46(63)52-34(24-26(4)5)42(59)51-35(25-32-20-16-15-17-21-32)43(60)56-39(30(10)14-3)47(64)53-36(27(6)7)44(61)50-33(41(58)55-37)22-18-19-23-48/h15-17,20-21,26-31,33-39H,12-14,18-19,22-25,48H2,1-11H3,(H,49,62)(H,50,61)(H,51,59)(H,52,63)(H,53,64)(H,54,57)(H,55,58)(H,56,60)/t28-,29-,30-,31+,33-,34+,35+,36-,37+,38-,39-/m0/s1. The normalized spacial score (nSPS) is 26.8. The Morgan fingerprint density at radius 3 is 1.38 bits per heavy atom. The molecule has 17 heteroatoms. The molecule has 0 unspecified atom stereocenters. The first kappa shape index (κ1) is 55.1. The topological polar surface area (TPSA) is 259 Å². The van der Waals surface area contributed by atoms with Crippen molar-refractivity contribution < 1.29 is 38.4 Å². The first-order valence-corrected chi connectivity index (χ1v) is 23.4. The van der Waals surface area contributed by atoms with Gasteiger partial charge >= 0.3 is 0 Å². The molecule has 0 spiro atoms. The highest BCUT2D eigenvalue weighted by Gasteiger charge is 2.38. The summed E-state index contributed by atoms with van der Waals surface area (Å²) in [6, 6.07) is -0.0549. The predicted molar refractivity (Wildman–Crippen MR) is 247 cm³/mol. The number of hydrogen-bond donors (Lipinski definition) is 9. The van der Waals surface area contributed by atoms with E-state index in [0.29, 0.717) is 38.6 Å². The zero-order valence-corrected chi connectivity index (χ0v) is 40.1. The van der Waals surface area contributed by atoms with Crippen molar-refractivity contribution >= 4 is 47.3 Å². The van der Waals surface area contributed by atoms with Crippen LogP contribution < -0.4 is 48.3 Å². The Kier molecular flexibility index (Phi) is 23.5. The lowest BCUT2D eigenvalue weighted by molar-refractivity contribution is -0.138. The molecule has 1 aromatic carbocycles. The molecule has 0 bridgehead atoms. The number of benzene rings is 1. The summed E-state index contributed by atoms with van der Waals surface area (Å²) in [5.74, 6) is -6.89. The van der Waals surface area contributed by atoms with Crippen molar-refractivity contribution in [3.8, 4) is 0 Å². The third-order valence-electron chi connectivity index (χ3n) is 12.2. The quantitative estimate of drug-likeness (QED) is 0.117. The molecule has 0 saturated carbocycles. The van der Waals surface area contributed by atoms with Gasteiger partial charge in [-0.15, -0.1) is 0 Å². The van der Waals surface area contributed by atoms with Gasteiger partial charge in [0.1, 0.15) is 48.3 Å². The van der Waals surface area contributed by atoms with Gasteiger partial charge in [0.05, 0.1) is 0 Å². The van der Waals surface area contributed by atoms with E-state index in [1.807, 2.05) is 40.7 Å². The number of amides is 8. The van der Waals surface area contributed by atoms with Crippen LogP contribution in [0.25, 0.3) is 0 Å². The average molecular weight is 898 g/mol. The van der Waals surface area contributed by atoms with Crippen LogP contribution in [0.15, 0.2) is 30.3 Å². The third kappa shape index (κ3) is 17.1. The number of carbonyl (C=O) groups excluding carboxylic acids is 8. The summed E-state index contributed by atoms with van der Waals surface area (Å²) < 4.78 is 0. The first-order chi connectivity index (χ1) is 30.2. The number of unbranched alkanes of at least 4 members (excludes halogenated alkanes) is 1. The fourth-order valence-corrected chi connectivity index (χ4v) is 7.36. The summed E-state index contributed by atoms with van der Waals surface area (Å²) >= 11 is 0. The lowest BCUT2D eigenvalue weighted by Crippen LogP contribution is -2.63. The van der Waals surface area contributed by atoms with Gasteiger partial charge in [0.25, 0.3) is 0 Å². The highest BCUT2D eigenvalue weighted by molar-refractivity contribution is 5.99. The number of carbonyl (C=O) groups is 8. The summed E-state index contributed by atoms with van der Waals surface area (Å²) in [5, 5.41) is 22.5. The number of rotatable bonds is 15. The van der Waals surface area contributed by atoms with E-state index in [1.54, 1.807) is 58.9 Å². The molecule has 2 rings (SSSR count). The van der Waals surface area contributed by atoms with Crippen LogP contribution in [0.1, 0.15) is 127 Å². The van der Waals surface area contributed by atoms with Gasteiger partial charge in [-0.25, -0.2) is 0 Å². The Labute approximate surface area is 380 Å². The monoisotopic (exact) mass is 898 g/mol. The summed E-state index contributed by atoms with van der Waals surface area (Å²) in [6.07, 6.45) is 2.87. The second kappa shape index (κ2) is 27.3. The number of hydrogen-bond acceptors (Lipinski definition) is 9. The lowest BCUT2D eigenvalue weighted by Gasteiger charge is -2.32. The Balaban J connectivity index is 2.78. The van der Waals surface area contributed by atoms with Crippen LogP contribution in [0.4, 0.5) is 0 Å². The minimum Gasteiger partial charge on any atom is -0.343 e. The second-order valence-electron chi connectivity index (χ2n) is 18.4. The van der Waals surface area contributed by atoms with E-state index in [4.69, 9.17) is 5.73 Å². The fourth-order valence-electron chi connectivity index (χ4n) is 7.36. The summed E-state index contributed by atoms with van der Waals surface area (Å²) in [7, 11) is 0. The molecule has 64 heavy (non-hydrogen) atoms. The second-order valence-corrected chi connectivity index (χ2v) is 18.4. The highest BCUT2D eigenvalue weighted by Crippen LogP contribution is 2.16. The molecule has 17 nitrogen and oxygen atoms in total. The zero-order chi connectivity index (χ0) is 48.3. The Hall–Kier alpha value is -5.06. The van der Waals surface area contributed by atoms with Crippen molar-refractivity contribution in [1.82, 2.24) is 42.5 Å². The molecular weight excluding hydrogens is 819 g/mol. The fraction of sp³-hybridized carbons (Fsp3) is 0.702. The van der Waals surface area contributed by atoms with Crippen molar-refractivity contribution in [3.05, 3.63) is 35.9 Å². The lowest BCUT2D eigenvalue weighted by atomic mass is 9.95. The van der Waals surface area contributed by atoms with E-state index >= 15 is 0 Å². The van der Waals surface area contributed by atoms with Crippen molar-refractivity contribution in [2.75, 3.05) is 6.54 Å². The summed E-state index contributed by atoms with van der Waals surface area (Å²) in [4.78, 5) is 113. The molecule has 1 fully saturated rings. The summed E-state index contributed by atoms with van der Waals surface area (Å²) in [5.41, 5.74) is 6.49. The van der Waals surface area contributed by atoms with Gasteiger partial charge in [-0.1, -0.05) is 119 Å². The van der Waals surface area contributed by atoms with Crippen LogP contribution >= 0.6 is 0 Å². The molecule has 1 saturated heterocycles. The van der Waals surface area contributed by atoms with Crippen molar-refractivity contribution in [3.63, 3.8) is 0 Å². The van der Waals surface area contributed by atoms with Crippen LogP contribution in [0.3, 0.4) is 0 Å². The van der Waals surface area contributed by atoms with Gasteiger partial charge in [0.2, 0.25) is 47.3 Å². The Morgan fingerprint density at radius 1 is 0.484 bits per heavy atom. The van der Waals surface area contributed by atoms with E-state index in [9.17, 15) is 38.4 Å². The van der Waals surface area contributed by atoms with E-state index in [-0.39, 0.29) is 25.2 Å². The van der Waals surface area contributed by atoms with E-state index in [2.05, 4.69) is 42.5 Å². The third-order valence-corrected chi connectivity index (χ3v) is 12.2. The maximum Gasteiger partial charge on any atom is 0.243 e. The molecule has 1 aliphatic heterocycles. The predicted octanol–water partition coefficient (Wildman–Crippen LogP) is 2.11. The molecule has 10 N–H and O–H groups in total. The van der Waals surface area contributed by atoms with Gasteiger partial charge in [0.15, 0.2) is 0 Å². The average Bonchev–Trinajstić information content (AvgIpc) is 3.25. The van der Waals surface area contributed by atoms with E-state index in [1.165, 1.54) is 6.92 Å². The van der Waals surface area contributed by atoms with E-state index < -0.39 is 119 Å². The molecule has 0 aliphatic carbocycles. The molecule has 0 radical (unpaired) electrons. The van der Waals surface area contributed by atoms with Crippen molar-refractivity contribution in [2.24, 2.45) is 35.3 Å². The van der Waals surface area contributed by atoms with Crippen LogP contribution in [0.5, 0.6) is 0 Å². The van der Waals surface area contributed by atoms with Gasteiger partial charge in [0, 0.05) is 6.42 Å². The molecular formula is C47H79N9O8. The molecule has 8 amide bonds. The zero-order valence-electron chi connectivity index (χ0n) is 40.1. The smallest absolute Gasteiger partial charge is 0.243 e. The molecule has 1 aromatic rings. The van der Waals surface area contributed by atoms with Gasteiger partial charge in [-0.3, -0.25) is 38.4 Å². The maximum atomic E-state index is 14.4. The summed E-state index contributed by atoms with van der Waals surface area (Å²) in [6.45, 7) is 20.0. The highest BCUT2D eigenvalue weighted by atomic mass is 16.2. The maximum absolute atomic E-state index is 14.4. The van der Waals surface area contributed by atoms with Gasteiger partial charge in [-0.2, -0.15) is 0 Å². The van der Waals surface area contributed by atoms with Gasteiger partial charge in [-0.05, 0) is 74.3 Å². The molecule has 0 aromatic heterocycles. The largest absolute Gasteiger partial charge is 0.343 e. The molecule has 11 atom stereocenters. The minimum absolute atomic E-state index is 0.0489. The van der Waals surface area contributed by atoms with Crippen LogP contribution in [-0.2, 0) is 44.8 Å². The van der Waals surface area contributed by atoms with E-state index in [0.717, 1.165) is 5.56 Å². The SMILES string of the molecule is CC[C@H](C)[C@@H]1NC(=O)[C@@H](C)NC(=O)[C@@H]([C@@H](C)CC)NC(=O)[C@H](CCCCN)NC(=O)[C@H](C(C)C)NC(=O)[C@H]([C@@H](C)CC)NC(=O)[C@@H](Cc2ccccc2)NC(=O)[C@@H](CC(C)C)NC1=O. The van der Waals surface area contributed by atoms with Gasteiger partial charge < -0.3 is 48.3 Å². The molecule has 1 heterocycles. The molecule has 1 aliphatic rings. The minimum atomic E-state index is -1.20. The number of nitrogens with two attached hydrogens (primary N) is 1.